The summed E-state index contributed by atoms with van der Waals surface area (Å²) >= 11 is 0. The maximum absolute atomic E-state index is 9.03. The van der Waals surface area contributed by atoms with E-state index in [4.69, 9.17) is 5.41 Å². The minimum absolute atomic E-state index is 0.375. The summed E-state index contributed by atoms with van der Waals surface area (Å²) in [6, 6.07) is 7.78. The summed E-state index contributed by atoms with van der Waals surface area (Å²) in [6.45, 7) is 3.71. The van der Waals surface area contributed by atoms with Gasteiger partial charge in [0.1, 0.15) is 0 Å². The van der Waals surface area contributed by atoms with E-state index in [1.807, 2.05) is 31.2 Å². The van der Waals surface area contributed by atoms with E-state index in [0.717, 1.165) is 5.56 Å². The van der Waals surface area contributed by atoms with Crippen LogP contribution in [0.4, 0.5) is 0 Å². The van der Waals surface area contributed by atoms with Gasteiger partial charge in [-0.25, -0.2) is 0 Å². The Kier molecular flexibility index (Phi) is 1.86. The Morgan fingerprint density at radius 1 is 1.20 bits per heavy atom. The molecule has 1 heteroatoms. The van der Waals surface area contributed by atoms with Crippen LogP contribution in [0.3, 0.4) is 0 Å². The molecule has 0 amide bonds. The fourth-order valence-electron chi connectivity index (χ4n) is 0.795. The summed E-state index contributed by atoms with van der Waals surface area (Å²) in [5.74, 6) is 0. The molecule has 0 spiro atoms. The lowest BCUT2D eigenvalue weighted by molar-refractivity contribution is 1.46. The predicted octanol–water partition coefficient (Wildman–Crippen LogP) is 2.37. The van der Waals surface area contributed by atoms with Gasteiger partial charge in [0.2, 0.25) is 0 Å². The number of hydrogen-bond donors (Lipinski definition) is 0. The maximum atomic E-state index is 9.03. The van der Waals surface area contributed by atoms with Crippen molar-refractivity contribution in [3.63, 3.8) is 0 Å². The van der Waals surface area contributed by atoms with Gasteiger partial charge >= 0.3 is 0 Å². The van der Waals surface area contributed by atoms with Gasteiger partial charge in [0.15, 0.2) is 0 Å². The van der Waals surface area contributed by atoms with E-state index in [9.17, 15) is 0 Å². The van der Waals surface area contributed by atoms with Crippen LogP contribution in [0.1, 0.15) is 18.1 Å². The molecular formula is C9H10N-. The van der Waals surface area contributed by atoms with Gasteiger partial charge in [0, 0.05) is 0 Å². The van der Waals surface area contributed by atoms with E-state index < -0.39 is 0 Å². The van der Waals surface area contributed by atoms with Crippen molar-refractivity contribution < 1.29 is 0 Å². The molecule has 0 heterocycles. The van der Waals surface area contributed by atoms with E-state index in [0.29, 0.717) is 5.71 Å². The SMILES string of the molecule is CC(=[N-])c1ccc(C)cc1. The molecule has 0 aliphatic heterocycles. The molecule has 0 unspecified atom stereocenters. The van der Waals surface area contributed by atoms with Crippen molar-refractivity contribution in [2.24, 2.45) is 0 Å². The second-order valence-electron chi connectivity index (χ2n) is 2.45. The Morgan fingerprint density at radius 3 is 2.10 bits per heavy atom. The van der Waals surface area contributed by atoms with Crippen molar-refractivity contribution >= 4 is 5.71 Å². The van der Waals surface area contributed by atoms with Crippen LogP contribution >= 0.6 is 0 Å². The van der Waals surface area contributed by atoms with Gasteiger partial charge in [-0.15, -0.1) is 0 Å². The van der Waals surface area contributed by atoms with E-state index in [1.54, 1.807) is 6.92 Å². The van der Waals surface area contributed by atoms with E-state index in [2.05, 4.69) is 0 Å². The highest BCUT2D eigenvalue weighted by Crippen LogP contribution is 2.02. The number of hydrogen-bond acceptors (Lipinski definition) is 0. The molecule has 0 aliphatic carbocycles. The van der Waals surface area contributed by atoms with Crippen LogP contribution in [0.5, 0.6) is 0 Å². The van der Waals surface area contributed by atoms with Crippen molar-refractivity contribution in [3.8, 4) is 0 Å². The summed E-state index contributed by atoms with van der Waals surface area (Å²) < 4.78 is 0. The fourth-order valence-corrected chi connectivity index (χ4v) is 0.795. The lowest BCUT2D eigenvalue weighted by atomic mass is 10.1. The summed E-state index contributed by atoms with van der Waals surface area (Å²) in [5.41, 5.74) is 2.48. The standard InChI is InChI=1S/C9H10N/c1-7-3-5-9(6-4-7)8(2)10/h3-6H,1-2H3/q-1. The first kappa shape index (κ1) is 7.00. The Hall–Kier alpha value is -1.11. The zero-order chi connectivity index (χ0) is 7.56. The van der Waals surface area contributed by atoms with Crippen LogP contribution in [0.15, 0.2) is 24.3 Å². The molecule has 1 aromatic carbocycles. The molecule has 0 aliphatic rings. The van der Waals surface area contributed by atoms with Gasteiger partial charge in [-0.2, -0.15) is 5.71 Å². The molecular weight excluding hydrogens is 122 g/mol. The molecule has 0 bridgehead atoms. The zero-order valence-electron chi connectivity index (χ0n) is 6.26. The average molecular weight is 132 g/mol. The maximum Gasteiger partial charge on any atom is -0.0398 e. The highest BCUT2D eigenvalue weighted by molar-refractivity contribution is 6.00. The Morgan fingerprint density at radius 2 is 1.70 bits per heavy atom. The highest BCUT2D eigenvalue weighted by atomic mass is 14.4. The van der Waals surface area contributed by atoms with Gasteiger partial charge in [-0.1, -0.05) is 36.8 Å². The van der Waals surface area contributed by atoms with Crippen LogP contribution in [0.25, 0.3) is 5.41 Å². The largest absolute Gasteiger partial charge is 0.807 e. The van der Waals surface area contributed by atoms with E-state index in [1.165, 1.54) is 5.56 Å². The number of benzene rings is 1. The van der Waals surface area contributed by atoms with Crippen LogP contribution in [-0.4, -0.2) is 5.71 Å². The monoisotopic (exact) mass is 132 g/mol. The van der Waals surface area contributed by atoms with Gasteiger partial charge in [0.25, 0.3) is 0 Å². The van der Waals surface area contributed by atoms with Crippen LogP contribution in [0.2, 0.25) is 0 Å². The van der Waals surface area contributed by atoms with Gasteiger partial charge < -0.3 is 5.41 Å². The summed E-state index contributed by atoms with van der Waals surface area (Å²) in [6.07, 6.45) is 0. The summed E-state index contributed by atoms with van der Waals surface area (Å²) in [7, 11) is 0. The number of aryl methyl sites for hydroxylation is 1. The molecule has 0 fully saturated rings. The molecule has 0 N–H and O–H groups in total. The molecule has 52 valence electrons. The molecule has 10 heavy (non-hydrogen) atoms. The first-order chi connectivity index (χ1) is 4.70. The normalized spacial score (nSPS) is 9.40. The van der Waals surface area contributed by atoms with Crippen molar-refractivity contribution in [3.05, 3.63) is 40.8 Å². The third-order valence-electron chi connectivity index (χ3n) is 1.47. The minimum atomic E-state index is 0.375. The first-order valence-corrected chi connectivity index (χ1v) is 3.29. The molecule has 0 saturated carbocycles. The second kappa shape index (κ2) is 2.65. The quantitative estimate of drug-likeness (QED) is 0.523. The predicted molar refractivity (Wildman–Crippen MR) is 44.3 cm³/mol. The minimum Gasteiger partial charge on any atom is -0.807 e. The lowest BCUT2D eigenvalue weighted by Gasteiger charge is -2.05. The smallest absolute Gasteiger partial charge is 0.0398 e. The van der Waals surface area contributed by atoms with E-state index >= 15 is 0 Å². The van der Waals surface area contributed by atoms with Gasteiger partial charge in [-0.3, -0.25) is 0 Å². The third kappa shape index (κ3) is 1.44. The van der Waals surface area contributed by atoms with Crippen LogP contribution < -0.4 is 0 Å². The van der Waals surface area contributed by atoms with Crippen molar-refractivity contribution in [1.82, 2.24) is 0 Å². The van der Waals surface area contributed by atoms with Crippen LogP contribution in [-0.2, 0) is 0 Å². The number of nitrogens with zero attached hydrogens (tertiary/aromatic N) is 1. The Bertz CT molecular complexity index is 233. The topological polar surface area (TPSA) is 22.3 Å². The highest BCUT2D eigenvalue weighted by Gasteiger charge is 1.85. The van der Waals surface area contributed by atoms with Crippen molar-refractivity contribution in [1.29, 1.82) is 0 Å². The van der Waals surface area contributed by atoms with Crippen LogP contribution in [0, 0.1) is 6.92 Å². The summed E-state index contributed by atoms with van der Waals surface area (Å²) in [4.78, 5) is 0. The third-order valence-corrected chi connectivity index (χ3v) is 1.47. The molecule has 0 atom stereocenters. The van der Waals surface area contributed by atoms with Crippen molar-refractivity contribution in [2.45, 2.75) is 13.8 Å². The molecule has 0 aromatic heterocycles. The van der Waals surface area contributed by atoms with Gasteiger partial charge in [-0.05, 0) is 12.5 Å². The Labute approximate surface area is 61.2 Å². The Balaban J connectivity index is 3.00. The fraction of sp³-hybridized carbons (Fsp3) is 0.222. The molecule has 0 radical (unpaired) electrons. The molecule has 0 saturated heterocycles. The zero-order valence-corrected chi connectivity index (χ0v) is 6.26. The first-order valence-electron chi connectivity index (χ1n) is 3.29. The number of rotatable bonds is 1. The van der Waals surface area contributed by atoms with Gasteiger partial charge in [0.05, 0.1) is 0 Å². The average Bonchev–Trinajstić information content (AvgIpc) is 1.88. The lowest BCUT2D eigenvalue weighted by Crippen LogP contribution is -1.89. The molecule has 1 nitrogen and oxygen atoms in total. The molecule has 1 aromatic rings. The van der Waals surface area contributed by atoms with Crippen molar-refractivity contribution in [2.75, 3.05) is 0 Å². The second-order valence-corrected chi connectivity index (χ2v) is 2.45. The molecule has 1 rings (SSSR count). The summed E-state index contributed by atoms with van der Waals surface area (Å²) in [5, 5.41) is 9.03. The van der Waals surface area contributed by atoms with E-state index in [-0.39, 0.29) is 0 Å².